The van der Waals surface area contributed by atoms with E-state index < -0.39 is 28.5 Å². The Bertz CT molecular complexity index is 1740. The van der Waals surface area contributed by atoms with Crippen LogP contribution in [-0.4, -0.2) is 44.3 Å². The van der Waals surface area contributed by atoms with Crippen LogP contribution in [0.15, 0.2) is 106 Å². The van der Waals surface area contributed by atoms with Gasteiger partial charge < -0.3 is 10.2 Å². The van der Waals surface area contributed by atoms with Gasteiger partial charge in [0.05, 0.1) is 10.6 Å². The maximum Gasteiger partial charge on any atom is 0.264 e. The fourth-order valence-corrected chi connectivity index (χ4v) is 6.68. The Kier molecular flexibility index (Phi) is 11.8. The number of aryl methyl sites for hydroxylation is 3. The van der Waals surface area contributed by atoms with Crippen molar-refractivity contribution in [2.45, 2.75) is 58.5 Å². The average Bonchev–Trinajstić information content (AvgIpc) is 3.03. The second-order valence-electron chi connectivity index (χ2n) is 12.1. The zero-order valence-electron chi connectivity index (χ0n) is 27.0. The van der Waals surface area contributed by atoms with Crippen molar-refractivity contribution < 1.29 is 18.0 Å². The summed E-state index contributed by atoms with van der Waals surface area (Å²) in [6.07, 6.45) is 0.265. The molecular weight excluding hydrogens is 662 g/mol. The highest BCUT2D eigenvalue weighted by Crippen LogP contribution is 2.27. The van der Waals surface area contributed by atoms with Crippen LogP contribution in [0.2, 0.25) is 0 Å². The van der Waals surface area contributed by atoms with Gasteiger partial charge in [0.15, 0.2) is 0 Å². The van der Waals surface area contributed by atoms with E-state index in [1.54, 1.807) is 36.4 Å². The van der Waals surface area contributed by atoms with E-state index in [9.17, 15) is 18.0 Å². The summed E-state index contributed by atoms with van der Waals surface area (Å²) >= 11 is 3.47. The SMILES string of the molecule is Cc1ccc(S(=O)(=O)N(CC(=O)N(Cc2ccc(Br)cc2)[C@@H](Cc2ccccc2)C(=O)NCC(C)C)c2ccc(C)c(C)c2)cc1. The summed E-state index contributed by atoms with van der Waals surface area (Å²) in [5.41, 5.74) is 4.90. The standard InChI is InChI=1S/C37H42BrN3O4S/c1-26(2)23-39-37(43)35(22-30-9-7-6-8-10-30)40(24-31-14-16-32(38)17-15-31)36(42)25-41(33-18-13-28(4)29(5)21-33)46(44,45)34-19-11-27(3)12-20-34/h6-21,26,35H,22-25H2,1-5H3,(H,39,43)/t35-/m0/s1. The third-order valence-electron chi connectivity index (χ3n) is 7.89. The minimum atomic E-state index is -4.15. The van der Waals surface area contributed by atoms with Gasteiger partial charge >= 0.3 is 0 Å². The molecule has 9 heteroatoms. The smallest absolute Gasteiger partial charge is 0.264 e. The Morgan fingerprint density at radius 2 is 1.46 bits per heavy atom. The van der Waals surface area contributed by atoms with Crippen LogP contribution in [0.4, 0.5) is 5.69 Å². The van der Waals surface area contributed by atoms with Gasteiger partial charge in [-0.05, 0) is 85.3 Å². The molecule has 4 aromatic carbocycles. The summed E-state index contributed by atoms with van der Waals surface area (Å²) in [7, 11) is -4.15. The monoisotopic (exact) mass is 703 g/mol. The van der Waals surface area contributed by atoms with Gasteiger partial charge in [-0.15, -0.1) is 0 Å². The summed E-state index contributed by atoms with van der Waals surface area (Å²) < 4.78 is 30.5. The molecule has 0 aliphatic heterocycles. The molecule has 7 nitrogen and oxygen atoms in total. The van der Waals surface area contributed by atoms with Gasteiger partial charge in [0.25, 0.3) is 10.0 Å². The van der Waals surface area contributed by atoms with E-state index in [0.29, 0.717) is 12.2 Å². The zero-order valence-corrected chi connectivity index (χ0v) is 29.4. The highest BCUT2D eigenvalue weighted by Gasteiger charge is 2.34. The normalized spacial score (nSPS) is 12.1. The summed E-state index contributed by atoms with van der Waals surface area (Å²) in [4.78, 5) is 30.1. The molecule has 1 N–H and O–H groups in total. The molecular formula is C37H42BrN3O4S. The Morgan fingerprint density at radius 3 is 2.07 bits per heavy atom. The maximum atomic E-state index is 14.6. The van der Waals surface area contributed by atoms with Crippen LogP contribution in [-0.2, 0) is 32.6 Å². The molecule has 0 aliphatic carbocycles. The first-order chi connectivity index (χ1) is 21.8. The third kappa shape index (κ3) is 9.07. The summed E-state index contributed by atoms with van der Waals surface area (Å²) in [6.45, 7) is 9.84. The number of carbonyl (C=O) groups is 2. The number of rotatable bonds is 13. The van der Waals surface area contributed by atoms with Crippen molar-refractivity contribution in [2.75, 3.05) is 17.4 Å². The minimum Gasteiger partial charge on any atom is -0.354 e. The molecule has 4 aromatic rings. The Balaban J connectivity index is 1.81. The fraction of sp³-hybridized carbons (Fsp3) is 0.297. The van der Waals surface area contributed by atoms with Crippen molar-refractivity contribution in [3.05, 3.63) is 129 Å². The van der Waals surface area contributed by atoms with Crippen molar-refractivity contribution in [2.24, 2.45) is 5.92 Å². The van der Waals surface area contributed by atoms with Crippen molar-refractivity contribution >= 4 is 43.5 Å². The number of carbonyl (C=O) groups excluding carboxylic acids is 2. The van der Waals surface area contributed by atoms with Crippen molar-refractivity contribution in [1.82, 2.24) is 10.2 Å². The Morgan fingerprint density at radius 1 is 0.804 bits per heavy atom. The van der Waals surface area contributed by atoms with E-state index >= 15 is 0 Å². The van der Waals surface area contributed by atoms with E-state index in [1.807, 2.05) is 95.3 Å². The van der Waals surface area contributed by atoms with Gasteiger partial charge in [0, 0.05) is 24.0 Å². The van der Waals surface area contributed by atoms with E-state index in [0.717, 1.165) is 36.6 Å². The molecule has 4 rings (SSSR count). The molecule has 1 atom stereocenters. The van der Waals surface area contributed by atoms with Gasteiger partial charge in [0.1, 0.15) is 12.6 Å². The molecule has 242 valence electrons. The molecule has 0 spiro atoms. The lowest BCUT2D eigenvalue weighted by molar-refractivity contribution is -0.140. The first-order valence-corrected chi connectivity index (χ1v) is 17.6. The van der Waals surface area contributed by atoms with Crippen LogP contribution in [0.3, 0.4) is 0 Å². The van der Waals surface area contributed by atoms with Gasteiger partial charge in [-0.3, -0.25) is 13.9 Å². The summed E-state index contributed by atoms with van der Waals surface area (Å²) in [5, 5.41) is 3.02. The maximum absolute atomic E-state index is 14.6. The van der Waals surface area contributed by atoms with Gasteiger partial charge in [-0.2, -0.15) is 0 Å². The van der Waals surface area contributed by atoms with E-state index in [4.69, 9.17) is 0 Å². The second kappa shape index (κ2) is 15.6. The van der Waals surface area contributed by atoms with E-state index in [-0.39, 0.29) is 29.7 Å². The van der Waals surface area contributed by atoms with Gasteiger partial charge in [-0.1, -0.05) is 96.0 Å². The lowest BCUT2D eigenvalue weighted by Gasteiger charge is -2.34. The third-order valence-corrected chi connectivity index (χ3v) is 10.2. The van der Waals surface area contributed by atoms with Crippen molar-refractivity contribution in [3.8, 4) is 0 Å². The molecule has 0 bridgehead atoms. The Hall–Kier alpha value is -3.95. The van der Waals surface area contributed by atoms with E-state index in [1.165, 1.54) is 4.90 Å². The average molecular weight is 705 g/mol. The Labute approximate surface area is 281 Å². The molecule has 0 aliphatic rings. The van der Waals surface area contributed by atoms with Crippen LogP contribution >= 0.6 is 15.9 Å². The molecule has 46 heavy (non-hydrogen) atoms. The van der Waals surface area contributed by atoms with Crippen LogP contribution in [0.1, 0.15) is 41.7 Å². The predicted octanol–water partition coefficient (Wildman–Crippen LogP) is 6.98. The number of hydrogen-bond acceptors (Lipinski definition) is 4. The second-order valence-corrected chi connectivity index (χ2v) is 14.9. The fourth-order valence-electron chi connectivity index (χ4n) is 5.01. The van der Waals surface area contributed by atoms with Crippen LogP contribution < -0.4 is 9.62 Å². The van der Waals surface area contributed by atoms with Crippen molar-refractivity contribution in [3.63, 3.8) is 0 Å². The number of hydrogen-bond donors (Lipinski definition) is 1. The number of nitrogens with one attached hydrogen (secondary N) is 1. The first kappa shape index (κ1) is 34.9. The van der Waals surface area contributed by atoms with E-state index in [2.05, 4.69) is 21.2 Å². The predicted molar refractivity (Wildman–Crippen MR) is 188 cm³/mol. The molecule has 0 radical (unpaired) electrons. The van der Waals surface area contributed by atoms with Gasteiger partial charge in [-0.25, -0.2) is 8.42 Å². The molecule has 0 heterocycles. The molecule has 0 saturated heterocycles. The number of amides is 2. The number of halogens is 1. The largest absolute Gasteiger partial charge is 0.354 e. The molecule has 0 unspecified atom stereocenters. The number of nitrogens with zero attached hydrogens (tertiary/aromatic N) is 2. The summed E-state index contributed by atoms with van der Waals surface area (Å²) in [5.74, 6) is -0.573. The highest BCUT2D eigenvalue weighted by molar-refractivity contribution is 9.10. The lowest BCUT2D eigenvalue weighted by atomic mass is 10.0. The lowest BCUT2D eigenvalue weighted by Crippen LogP contribution is -2.53. The molecule has 0 aromatic heterocycles. The summed E-state index contributed by atoms with van der Waals surface area (Å²) in [6, 6.07) is 28.1. The van der Waals surface area contributed by atoms with Gasteiger partial charge in [0.2, 0.25) is 11.8 Å². The van der Waals surface area contributed by atoms with Crippen LogP contribution in [0, 0.1) is 26.7 Å². The minimum absolute atomic E-state index is 0.0825. The number of anilines is 1. The first-order valence-electron chi connectivity index (χ1n) is 15.4. The molecule has 0 fully saturated rings. The van der Waals surface area contributed by atoms with Crippen LogP contribution in [0.5, 0.6) is 0 Å². The number of benzene rings is 4. The highest BCUT2D eigenvalue weighted by atomic mass is 79.9. The quantitative estimate of drug-likeness (QED) is 0.163. The number of sulfonamides is 1. The molecule has 0 saturated carbocycles. The topological polar surface area (TPSA) is 86.8 Å². The van der Waals surface area contributed by atoms with Crippen molar-refractivity contribution in [1.29, 1.82) is 0 Å². The van der Waals surface area contributed by atoms with Crippen LogP contribution in [0.25, 0.3) is 0 Å². The zero-order chi connectivity index (χ0) is 33.4. The molecule has 2 amide bonds.